The number of anilines is 1. The van der Waals surface area contributed by atoms with Gasteiger partial charge in [-0.3, -0.25) is 9.59 Å². The number of amides is 2. The van der Waals surface area contributed by atoms with Crippen LogP contribution in [0.2, 0.25) is 0 Å². The van der Waals surface area contributed by atoms with Gasteiger partial charge < -0.3 is 20.7 Å². The lowest BCUT2D eigenvalue weighted by Gasteiger charge is -2.23. The fourth-order valence-corrected chi connectivity index (χ4v) is 3.16. The average Bonchev–Trinajstić information content (AvgIpc) is 2.98. The maximum atomic E-state index is 12.5. The fourth-order valence-electron chi connectivity index (χ4n) is 3.16. The fraction of sp³-hybridized carbons (Fsp3) is 0.556. The molecule has 0 heterocycles. The van der Waals surface area contributed by atoms with Crippen molar-refractivity contribution in [2.75, 3.05) is 25.5 Å². The van der Waals surface area contributed by atoms with Crippen LogP contribution in [0.25, 0.3) is 0 Å². The van der Waals surface area contributed by atoms with Gasteiger partial charge in [0.25, 0.3) is 0 Å². The molecule has 25 heavy (non-hydrogen) atoms. The summed E-state index contributed by atoms with van der Waals surface area (Å²) in [4.78, 5) is 26.3. The van der Waals surface area contributed by atoms with Crippen LogP contribution in [0, 0.1) is 5.92 Å². The van der Waals surface area contributed by atoms with Gasteiger partial charge in [0.15, 0.2) is 0 Å². The first-order valence-electron chi connectivity index (χ1n) is 8.51. The minimum atomic E-state index is -0.231. The monoisotopic (exact) mass is 369 g/mol. The van der Waals surface area contributed by atoms with Gasteiger partial charge in [0.1, 0.15) is 5.75 Å². The Balaban J connectivity index is 0.00000312. The summed E-state index contributed by atoms with van der Waals surface area (Å²) in [6.45, 7) is 2.42. The molecule has 1 aliphatic rings. The summed E-state index contributed by atoms with van der Waals surface area (Å²) >= 11 is 0. The van der Waals surface area contributed by atoms with Crippen LogP contribution in [0.5, 0.6) is 5.75 Å². The molecule has 6 nitrogen and oxygen atoms in total. The van der Waals surface area contributed by atoms with Gasteiger partial charge >= 0.3 is 0 Å². The Hall–Kier alpha value is -1.79. The Kier molecular flexibility index (Phi) is 8.72. The van der Waals surface area contributed by atoms with E-state index in [9.17, 15) is 9.59 Å². The van der Waals surface area contributed by atoms with E-state index in [1.54, 1.807) is 24.1 Å². The highest BCUT2D eigenvalue weighted by Crippen LogP contribution is 2.27. The molecule has 1 aromatic rings. The average molecular weight is 370 g/mol. The molecule has 1 aliphatic carbocycles. The zero-order valence-electron chi connectivity index (χ0n) is 14.9. The lowest BCUT2D eigenvalue weighted by Crippen LogP contribution is -2.40. The molecule has 1 fully saturated rings. The van der Waals surface area contributed by atoms with Crippen LogP contribution in [-0.2, 0) is 9.59 Å². The molecule has 140 valence electrons. The first-order valence-corrected chi connectivity index (χ1v) is 8.51. The third-order valence-corrected chi connectivity index (χ3v) is 4.60. The number of nitrogens with one attached hydrogen (secondary N) is 1. The van der Waals surface area contributed by atoms with Crippen LogP contribution in [0.3, 0.4) is 0 Å². The van der Waals surface area contributed by atoms with Crippen molar-refractivity contribution in [3.8, 4) is 5.75 Å². The zero-order chi connectivity index (χ0) is 17.5. The molecule has 2 atom stereocenters. The first-order chi connectivity index (χ1) is 11.5. The summed E-state index contributed by atoms with van der Waals surface area (Å²) in [5.41, 5.74) is 6.64. The summed E-state index contributed by atoms with van der Waals surface area (Å²) < 4.78 is 5.22. The van der Waals surface area contributed by atoms with Crippen molar-refractivity contribution in [2.24, 2.45) is 11.7 Å². The van der Waals surface area contributed by atoms with E-state index < -0.39 is 0 Å². The summed E-state index contributed by atoms with van der Waals surface area (Å²) in [5.74, 6) is 0.599. The number of benzene rings is 1. The standard InChI is InChI=1S/C18H27N3O3.ClH/c1-3-21(18(23)11-13-7-6-8-14(13)19)12-17(22)20-15-9-4-5-10-16(15)24-2;/h4-5,9-10,13-14H,3,6-8,11-12,19H2,1-2H3,(H,20,22);1H/t13-,14+;/m0./s1. The molecule has 0 aromatic heterocycles. The molecule has 0 bridgehead atoms. The van der Waals surface area contributed by atoms with Crippen molar-refractivity contribution in [3.63, 3.8) is 0 Å². The summed E-state index contributed by atoms with van der Waals surface area (Å²) in [5, 5.41) is 2.80. The zero-order valence-corrected chi connectivity index (χ0v) is 15.7. The number of carbonyl (C=O) groups excluding carboxylic acids is 2. The Labute approximate surface area is 155 Å². The molecule has 7 heteroatoms. The van der Waals surface area contributed by atoms with E-state index in [0.29, 0.717) is 24.4 Å². The van der Waals surface area contributed by atoms with Gasteiger partial charge in [-0.05, 0) is 37.8 Å². The van der Waals surface area contributed by atoms with Crippen LogP contribution in [-0.4, -0.2) is 43.0 Å². The molecule has 2 rings (SSSR count). The molecule has 0 saturated heterocycles. The summed E-state index contributed by atoms with van der Waals surface area (Å²) in [6, 6.07) is 7.31. The van der Waals surface area contributed by atoms with Gasteiger partial charge in [-0.15, -0.1) is 12.4 Å². The number of hydrogen-bond acceptors (Lipinski definition) is 4. The number of likely N-dealkylation sites (N-methyl/N-ethyl adjacent to an activating group) is 1. The number of halogens is 1. The van der Waals surface area contributed by atoms with Crippen molar-refractivity contribution >= 4 is 29.9 Å². The summed E-state index contributed by atoms with van der Waals surface area (Å²) in [6.07, 6.45) is 3.49. The highest BCUT2D eigenvalue weighted by molar-refractivity contribution is 5.95. The Morgan fingerprint density at radius 2 is 2.04 bits per heavy atom. The second-order valence-electron chi connectivity index (χ2n) is 6.22. The van der Waals surface area contributed by atoms with E-state index in [-0.39, 0.29) is 42.7 Å². The quantitative estimate of drug-likeness (QED) is 0.773. The number of rotatable bonds is 7. The van der Waals surface area contributed by atoms with Gasteiger partial charge in [-0.2, -0.15) is 0 Å². The van der Waals surface area contributed by atoms with Crippen molar-refractivity contribution in [2.45, 2.75) is 38.6 Å². The van der Waals surface area contributed by atoms with Gasteiger partial charge in [0, 0.05) is 19.0 Å². The molecule has 0 unspecified atom stereocenters. The topological polar surface area (TPSA) is 84.7 Å². The number of methoxy groups -OCH3 is 1. The van der Waals surface area contributed by atoms with Crippen molar-refractivity contribution in [1.82, 2.24) is 4.90 Å². The number of para-hydroxylation sites is 2. The number of carbonyl (C=O) groups is 2. The molecular formula is C18H28ClN3O3. The van der Waals surface area contributed by atoms with Crippen LogP contribution >= 0.6 is 12.4 Å². The smallest absolute Gasteiger partial charge is 0.244 e. The predicted molar refractivity (Wildman–Crippen MR) is 101 cm³/mol. The van der Waals surface area contributed by atoms with Crippen molar-refractivity contribution < 1.29 is 14.3 Å². The van der Waals surface area contributed by atoms with Crippen LogP contribution in [0.1, 0.15) is 32.6 Å². The predicted octanol–water partition coefficient (Wildman–Crippen LogP) is 2.42. The first kappa shape index (κ1) is 21.3. The van der Waals surface area contributed by atoms with Gasteiger partial charge in [-0.1, -0.05) is 18.6 Å². The largest absolute Gasteiger partial charge is 0.495 e. The SMILES string of the molecule is CCN(CC(=O)Nc1ccccc1OC)C(=O)C[C@@H]1CCC[C@H]1N.Cl. The van der Waals surface area contributed by atoms with E-state index in [0.717, 1.165) is 19.3 Å². The van der Waals surface area contributed by atoms with Crippen molar-refractivity contribution in [1.29, 1.82) is 0 Å². The van der Waals surface area contributed by atoms with Crippen LogP contribution in [0.4, 0.5) is 5.69 Å². The number of ether oxygens (including phenoxy) is 1. The lowest BCUT2D eigenvalue weighted by atomic mass is 9.99. The van der Waals surface area contributed by atoms with Gasteiger partial charge in [-0.25, -0.2) is 0 Å². The molecule has 1 aromatic carbocycles. The van der Waals surface area contributed by atoms with Crippen LogP contribution in [0.15, 0.2) is 24.3 Å². The van der Waals surface area contributed by atoms with E-state index in [1.165, 1.54) is 0 Å². The van der Waals surface area contributed by atoms with Gasteiger partial charge in [0.2, 0.25) is 11.8 Å². The van der Waals surface area contributed by atoms with E-state index in [1.807, 2.05) is 19.1 Å². The highest BCUT2D eigenvalue weighted by atomic mass is 35.5. The minimum absolute atomic E-state index is 0. The molecule has 0 spiro atoms. The second kappa shape index (κ2) is 10.3. The minimum Gasteiger partial charge on any atom is -0.495 e. The third-order valence-electron chi connectivity index (χ3n) is 4.60. The number of nitrogens with zero attached hydrogens (tertiary/aromatic N) is 1. The summed E-state index contributed by atoms with van der Waals surface area (Å²) in [7, 11) is 1.55. The highest BCUT2D eigenvalue weighted by Gasteiger charge is 2.28. The molecule has 1 saturated carbocycles. The molecule has 2 amide bonds. The van der Waals surface area contributed by atoms with Crippen molar-refractivity contribution in [3.05, 3.63) is 24.3 Å². The van der Waals surface area contributed by atoms with E-state index >= 15 is 0 Å². The van der Waals surface area contributed by atoms with Gasteiger partial charge in [0.05, 0.1) is 19.3 Å². The second-order valence-corrected chi connectivity index (χ2v) is 6.22. The van der Waals surface area contributed by atoms with E-state index in [4.69, 9.17) is 10.5 Å². The maximum Gasteiger partial charge on any atom is 0.244 e. The Morgan fingerprint density at radius 3 is 2.64 bits per heavy atom. The molecule has 0 radical (unpaired) electrons. The van der Waals surface area contributed by atoms with Crippen LogP contribution < -0.4 is 15.8 Å². The third kappa shape index (κ3) is 5.90. The molecule has 0 aliphatic heterocycles. The lowest BCUT2D eigenvalue weighted by molar-refractivity contribution is -0.135. The molecule has 3 N–H and O–H groups in total. The number of hydrogen-bond donors (Lipinski definition) is 2. The van der Waals surface area contributed by atoms with E-state index in [2.05, 4.69) is 5.32 Å². The normalized spacial score (nSPS) is 19.0. The Morgan fingerprint density at radius 1 is 1.32 bits per heavy atom. The molecular weight excluding hydrogens is 342 g/mol. The number of nitrogens with two attached hydrogens (primary N) is 1. The Bertz CT molecular complexity index is 582. The maximum absolute atomic E-state index is 12.5.